The molecular weight excluding hydrogens is 463 g/mol. The van der Waals surface area contributed by atoms with Crippen molar-refractivity contribution in [1.29, 1.82) is 0 Å². The number of benzene rings is 2. The van der Waals surface area contributed by atoms with Gasteiger partial charge in [0.25, 0.3) is 5.91 Å². The average molecular weight is 482 g/mol. The summed E-state index contributed by atoms with van der Waals surface area (Å²) in [6.45, 7) is 1.35. The van der Waals surface area contributed by atoms with Crippen LogP contribution in [0.4, 0.5) is 18.9 Å². The maximum Gasteiger partial charge on any atom is 0.416 e. The summed E-state index contributed by atoms with van der Waals surface area (Å²) in [5.41, 5.74) is -0.226. The molecule has 0 aliphatic carbocycles. The van der Waals surface area contributed by atoms with E-state index in [0.717, 1.165) is 22.2 Å². The highest BCUT2D eigenvalue weighted by Gasteiger charge is 2.31. The van der Waals surface area contributed by atoms with Crippen LogP contribution in [0.1, 0.15) is 15.2 Å². The number of thiophene rings is 1. The van der Waals surface area contributed by atoms with E-state index in [4.69, 9.17) is 11.6 Å². The first-order chi connectivity index (χ1) is 15.2. The highest BCUT2D eigenvalue weighted by Crippen LogP contribution is 2.35. The first kappa shape index (κ1) is 22.4. The molecule has 0 radical (unpaired) electrons. The SMILES string of the molecule is O=C(NCC(=O)N1CCN(c2cccc(C(F)(F)F)c2)CC1)c1sc2ccccc2c1Cl. The number of amides is 2. The lowest BCUT2D eigenvalue weighted by Gasteiger charge is -2.36. The molecule has 3 aromatic rings. The summed E-state index contributed by atoms with van der Waals surface area (Å²) >= 11 is 7.57. The predicted molar refractivity (Wildman–Crippen MR) is 119 cm³/mol. The van der Waals surface area contributed by atoms with Gasteiger partial charge in [-0.05, 0) is 24.3 Å². The Bertz CT molecular complexity index is 1160. The van der Waals surface area contributed by atoms with Gasteiger partial charge < -0.3 is 15.1 Å². The van der Waals surface area contributed by atoms with Crippen LogP contribution >= 0.6 is 22.9 Å². The zero-order valence-electron chi connectivity index (χ0n) is 16.8. The van der Waals surface area contributed by atoms with Crippen LogP contribution < -0.4 is 10.2 Å². The lowest BCUT2D eigenvalue weighted by atomic mass is 10.1. The topological polar surface area (TPSA) is 52.7 Å². The van der Waals surface area contributed by atoms with E-state index in [1.165, 1.54) is 17.4 Å². The van der Waals surface area contributed by atoms with Crippen LogP contribution in [0.25, 0.3) is 10.1 Å². The van der Waals surface area contributed by atoms with Crippen LogP contribution in [0.5, 0.6) is 0 Å². The Morgan fingerprint density at radius 1 is 1.03 bits per heavy atom. The molecule has 2 aromatic carbocycles. The van der Waals surface area contributed by atoms with Gasteiger partial charge >= 0.3 is 6.18 Å². The molecule has 0 saturated carbocycles. The Morgan fingerprint density at radius 3 is 2.44 bits per heavy atom. The first-order valence-electron chi connectivity index (χ1n) is 9.89. The molecule has 1 fully saturated rings. The minimum absolute atomic E-state index is 0.174. The smallest absolute Gasteiger partial charge is 0.368 e. The van der Waals surface area contributed by atoms with Gasteiger partial charge in [-0.2, -0.15) is 13.2 Å². The molecule has 32 heavy (non-hydrogen) atoms. The highest BCUT2D eigenvalue weighted by molar-refractivity contribution is 7.21. The fourth-order valence-electron chi connectivity index (χ4n) is 3.60. The number of hydrogen-bond donors (Lipinski definition) is 1. The van der Waals surface area contributed by atoms with Gasteiger partial charge in [0.05, 0.1) is 17.1 Å². The third-order valence-corrected chi connectivity index (χ3v) is 6.99. The van der Waals surface area contributed by atoms with Crippen molar-refractivity contribution < 1.29 is 22.8 Å². The number of halogens is 4. The molecule has 1 aromatic heterocycles. The number of alkyl halides is 3. The van der Waals surface area contributed by atoms with Crippen molar-refractivity contribution >= 4 is 50.5 Å². The van der Waals surface area contributed by atoms with E-state index >= 15 is 0 Å². The summed E-state index contributed by atoms with van der Waals surface area (Å²) < 4.78 is 39.7. The second-order valence-electron chi connectivity index (χ2n) is 7.34. The number of nitrogens with zero attached hydrogens (tertiary/aromatic N) is 2. The van der Waals surface area contributed by atoms with Crippen molar-refractivity contribution in [2.45, 2.75) is 6.18 Å². The zero-order valence-corrected chi connectivity index (χ0v) is 18.4. The molecule has 0 bridgehead atoms. The maximum absolute atomic E-state index is 12.9. The fourth-order valence-corrected chi connectivity index (χ4v) is 5.03. The molecular formula is C22H19ClF3N3O2S. The Hall–Kier alpha value is -2.78. The number of hydrogen-bond acceptors (Lipinski definition) is 4. The molecule has 1 saturated heterocycles. The van der Waals surface area contributed by atoms with Gasteiger partial charge in [0, 0.05) is 42.0 Å². The molecule has 168 valence electrons. The van der Waals surface area contributed by atoms with Gasteiger partial charge in [0.2, 0.25) is 5.91 Å². The number of nitrogens with one attached hydrogen (secondary N) is 1. The van der Waals surface area contributed by atoms with Gasteiger partial charge in [-0.1, -0.05) is 35.9 Å². The van der Waals surface area contributed by atoms with Crippen LogP contribution in [-0.4, -0.2) is 49.4 Å². The molecule has 10 heteroatoms. The number of carbonyl (C=O) groups is 2. The van der Waals surface area contributed by atoms with E-state index in [9.17, 15) is 22.8 Å². The van der Waals surface area contributed by atoms with Gasteiger partial charge in [-0.15, -0.1) is 11.3 Å². The molecule has 1 aliphatic rings. The third kappa shape index (κ3) is 4.68. The Morgan fingerprint density at radius 2 is 1.75 bits per heavy atom. The highest BCUT2D eigenvalue weighted by atomic mass is 35.5. The van der Waals surface area contributed by atoms with E-state index < -0.39 is 17.6 Å². The van der Waals surface area contributed by atoms with E-state index in [-0.39, 0.29) is 12.5 Å². The molecule has 0 atom stereocenters. The van der Waals surface area contributed by atoms with Gasteiger partial charge in [-0.3, -0.25) is 9.59 Å². The standard InChI is InChI=1S/C22H19ClF3N3O2S/c23-19-16-6-1-2-7-17(16)32-20(19)21(31)27-13-18(30)29-10-8-28(9-11-29)15-5-3-4-14(12-15)22(24,25)26/h1-7,12H,8-11,13H2,(H,27,31). The average Bonchev–Trinajstić information content (AvgIpc) is 3.13. The lowest BCUT2D eigenvalue weighted by Crippen LogP contribution is -2.51. The quantitative estimate of drug-likeness (QED) is 0.590. The molecule has 0 spiro atoms. The fraction of sp³-hybridized carbons (Fsp3) is 0.273. The molecule has 0 unspecified atom stereocenters. The maximum atomic E-state index is 12.9. The van der Waals surface area contributed by atoms with E-state index in [2.05, 4.69) is 5.32 Å². The Labute approximate surface area is 191 Å². The van der Waals surface area contributed by atoms with E-state index in [1.807, 2.05) is 29.2 Å². The van der Waals surface area contributed by atoms with Gasteiger partial charge in [0.1, 0.15) is 4.88 Å². The lowest BCUT2D eigenvalue weighted by molar-refractivity contribution is -0.137. The number of carbonyl (C=O) groups excluding carboxylic acids is 2. The van der Waals surface area contributed by atoms with Gasteiger partial charge in [0.15, 0.2) is 0 Å². The summed E-state index contributed by atoms with van der Waals surface area (Å²) in [7, 11) is 0. The summed E-state index contributed by atoms with van der Waals surface area (Å²) in [6, 6.07) is 12.6. The van der Waals surface area contributed by atoms with Gasteiger partial charge in [-0.25, -0.2) is 0 Å². The second kappa shape index (κ2) is 8.99. The summed E-state index contributed by atoms with van der Waals surface area (Å²) in [5, 5.41) is 3.78. The van der Waals surface area contributed by atoms with Crippen LogP contribution in [0.3, 0.4) is 0 Å². The predicted octanol–water partition coefficient (Wildman–Crippen LogP) is 4.65. The van der Waals surface area contributed by atoms with Crippen molar-refractivity contribution in [3.63, 3.8) is 0 Å². The Balaban J connectivity index is 1.32. The van der Waals surface area contributed by atoms with E-state index in [0.29, 0.717) is 41.8 Å². The summed E-state index contributed by atoms with van der Waals surface area (Å²) in [5.74, 6) is -0.661. The molecule has 2 heterocycles. The normalized spacial score (nSPS) is 14.6. The molecule has 2 amide bonds. The molecule has 1 N–H and O–H groups in total. The van der Waals surface area contributed by atoms with Crippen LogP contribution in [0.15, 0.2) is 48.5 Å². The molecule has 5 nitrogen and oxygen atoms in total. The zero-order chi connectivity index (χ0) is 22.9. The molecule has 4 rings (SSSR count). The second-order valence-corrected chi connectivity index (χ2v) is 8.77. The first-order valence-corrected chi connectivity index (χ1v) is 11.1. The summed E-state index contributed by atoms with van der Waals surface area (Å²) in [4.78, 5) is 28.8. The van der Waals surface area contributed by atoms with Crippen LogP contribution in [-0.2, 0) is 11.0 Å². The minimum Gasteiger partial charge on any atom is -0.368 e. The number of rotatable bonds is 4. The van der Waals surface area contributed by atoms with Crippen molar-refractivity contribution in [2.75, 3.05) is 37.6 Å². The largest absolute Gasteiger partial charge is 0.416 e. The van der Waals surface area contributed by atoms with Crippen LogP contribution in [0.2, 0.25) is 5.02 Å². The minimum atomic E-state index is -4.40. The summed E-state index contributed by atoms with van der Waals surface area (Å²) in [6.07, 6.45) is -4.40. The number of fused-ring (bicyclic) bond motifs is 1. The number of piperazine rings is 1. The molecule has 1 aliphatic heterocycles. The van der Waals surface area contributed by atoms with Crippen molar-refractivity contribution in [3.05, 3.63) is 64.0 Å². The third-order valence-electron chi connectivity index (χ3n) is 5.31. The van der Waals surface area contributed by atoms with Crippen LogP contribution in [0, 0.1) is 0 Å². The number of anilines is 1. The monoisotopic (exact) mass is 481 g/mol. The van der Waals surface area contributed by atoms with Crippen molar-refractivity contribution in [3.8, 4) is 0 Å². The van der Waals surface area contributed by atoms with E-state index in [1.54, 1.807) is 11.0 Å². The van der Waals surface area contributed by atoms with Crippen molar-refractivity contribution in [1.82, 2.24) is 10.2 Å². The van der Waals surface area contributed by atoms with Crippen molar-refractivity contribution in [2.24, 2.45) is 0 Å². The Kier molecular flexibility index (Phi) is 6.30.